The molecule has 1 aromatic carbocycles. The Morgan fingerprint density at radius 1 is 1.20 bits per heavy atom. The van der Waals surface area contributed by atoms with Crippen molar-refractivity contribution in [1.82, 2.24) is 19.7 Å². The van der Waals surface area contributed by atoms with Gasteiger partial charge >= 0.3 is 5.97 Å². The largest absolute Gasteiger partial charge is 0.503 e. The first-order chi connectivity index (χ1) is 14.5. The maximum absolute atomic E-state index is 12.3. The summed E-state index contributed by atoms with van der Waals surface area (Å²) in [6.45, 7) is 3.45. The van der Waals surface area contributed by atoms with Gasteiger partial charge in [0.05, 0.1) is 55.4 Å². The lowest BCUT2D eigenvalue weighted by Crippen LogP contribution is -2.10. The molecule has 0 radical (unpaired) electrons. The number of rotatable bonds is 6. The molecule has 152 valence electrons. The summed E-state index contributed by atoms with van der Waals surface area (Å²) < 4.78 is 17.4. The molecule has 0 bridgehead atoms. The number of aryl methyl sites for hydroxylation is 2. The Kier molecular flexibility index (Phi) is 6.08. The van der Waals surface area contributed by atoms with E-state index in [1.54, 1.807) is 38.2 Å². The number of para-hydroxylation sites is 1. The molecule has 30 heavy (non-hydrogen) atoms. The first-order valence-corrected chi connectivity index (χ1v) is 8.87. The standard InChI is InChI=1S/C21H19N5O4/c1-13-19(17(12-28-3)21(27)29-4)20(25-14(2)24-13)30-16-10-23-26(11-16)18-8-6-5-7-15(18)9-22/h5-8,10-12H,1-4H3/b17-12-. The minimum absolute atomic E-state index is 0.120. The van der Waals surface area contributed by atoms with Gasteiger partial charge in [-0.1, -0.05) is 12.1 Å². The molecule has 0 unspecified atom stereocenters. The lowest BCUT2D eigenvalue weighted by atomic mass is 10.1. The van der Waals surface area contributed by atoms with Crippen molar-refractivity contribution in [2.24, 2.45) is 0 Å². The Morgan fingerprint density at radius 3 is 2.67 bits per heavy atom. The fourth-order valence-electron chi connectivity index (χ4n) is 2.87. The van der Waals surface area contributed by atoms with Crippen LogP contribution in [0.1, 0.15) is 22.6 Å². The maximum atomic E-state index is 12.3. The van der Waals surface area contributed by atoms with E-state index in [1.807, 2.05) is 6.07 Å². The van der Waals surface area contributed by atoms with Crippen molar-refractivity contribution in [2.45, 2.75) is 13.8 Å². The van der Waals surface area contributed by atoms with Gasteiger partial charge < -0.3 is 14.2 Å². The molecule has 0 fully saturated rings. The van der Waals surface area contributed by atoms with Crippen LogP contribution in [0.15, 0.2) is 42.9 Å². The van der Waals surface area contributed by atoms with Crippen LogP contribution >= 0.6 is 0 Å². The summed E-state index contributed by atoms with van der Waals surface area (Å²) in [5.74, 6) is 0.371. The van der Waals surface area contributed by atoms with E-state index in [-0.39, 0.29) is 11.5 Å². The number of carbonyl (C=O) groups is 1. The molecule has 0 aliphatic rings. The van der Waals surface area contributed by atoms with Crippen molar-refractivity contribution in [3.8, 4) is 23.4 Å². The summed E-state index contributed by atoms with van der Waals surface area (Å²) in [5, 5.41) is 13.6. The zero-order valence-electron chi connectivity index (χ0n) is 16.9. The molecule has 0 atom stereocenters. The van der Waals surface area contributed by atoms with Crippen molar-refractivity contribution < 1.29 is 19.0 Å². The number of hydrogen-bond acceptors (Lipinski definition) is 8. The van der Waals surface area contributed by atoms with Crippen LogP contribution in [0.4, 0.5) is 0 Å². The highest BCUT2D eigenvalue weighted by atomic mass is 16.5. The van der Waals surface area contributed by atoms with Crippen LogP contribution in [0.2, 0.25) is 0 Å². The van der Waals surface area contributed by atoms with Gasteiger partial charge in [-0.05, 0) is 26.0 Å². The Balaban J connectivity index is 2.04. The molecule has 0 N–H and O–H groups in total. The number of carbonyl (C=O) groups excluding carboxylic acids is 1. The summed E-state index contributed by atoms with van der Waals surface area (Å²) in [6, 6.07) is 9.19. The van der Waals surface area contributed by atoms with Crippen molar-refractivity contribution >= 4 is 11.5 Å². The van der Waals surface area contributed by atoms with Crippen LogP contribution < -0.4 is 4.74 Å². The predicted molar refractivity (Wildman–Crippen MR) is 107 cm³/mol. The second-order valence-corrected chi connectivity index (χ2v) is 6.15. The van der Waals surface area contributed by atoms with Crippen molar-refractivity contribution in [2.75, 3.05) is 14.2 Å². The monoisotopic (exact) mass is 405 g/mol. The molecule has 3 rings (SSSR count). The number of esters is 1. The molecule has 0 amide bonds. The van der Waals surface area contributed by atoms with Gasteiger partial charge in [-0.15, -0.1) is 0 Å². The van der Waals surface area contributed by atoms with Gasteiger partial charge in [0.25, 0.3) is 0 Å². The van der Waals surface area contributed by atoms with Crippen LogP contribution in [0, 0.1) is 25.2 Å². The van der Waals surface area contributed by atoms with Crippen LogP contribution in [0.25, 0.3) is 11.3 Å². The average Bonchev–Trinajstić information content (AvgIpc) is 3.20. The number of benzene rings is 1. The molecule has 2 aromatic heterocycles. The fraction of sp³-hybridized carbons (Fsp3) is 0.190. The highest BCUT2D eigenvalue weighted by Crippen LogP contribution is 2.32. The Bertz CT molecular complexity index is 1160. The summed E-state index contributed by atoms with van der Waals surface area (Å²) >= 11 is 0. The molecule has 0 aliphatic heterocycles. The summed E-state index contributed by atoms with van der Waals surface area (Å²) in [7, 11) is 2.69. The second-order valence-electron chi connectivity index (χ2n) is 6.15. The first kappa shape index (κ1) is 20.5. The molecular formula is C21H19N5O4. The summed E-state index contributed by atoms with van der Waals surface area (Å²) in [5.41, 5.74) is 2.07. The van der Waals surface area contributed by atoms with Crippen molar-refractivity contribution in [3.05, 3.63) is 65.6 Å². The minimum Gasteiger partial charge on any atom is -0.503 e. The zero-order chi connectivity index (χ0) is 21.7. The molecule has 9 nitrogen and oxygen atoms in total. The third-order valence-electron chi connectivity index (χ3n) is 4.12. The van der Waals surface area contributed by atoms with Crippen LogP contribution in [0.3, 0.4) is 0 Å². The molecule has 2 heterocycles. The number of nitrogens with zero attached hydrogens (tertiary/aromatic N) is 5. The minimum atomic E-state index is -0.615. The summed E-state index contributed by atoms with van der Waals surface area (Å²) in [4.78, 5) is 20.9. The van der Waals surface area contributed by atoms with Gasteiger partial charge in [0, 0.05) is 0 Å². The third kappa shape index (κ3) is 4.12. The highest BCUT2D eigenvalue weighted by Gasteiger charge is 2.24. The predicted octanol–water partition coefficient (Wildman–Crippen LogP) is 3.10. The van der Waals surface area contributed by atoms with E-state index in [2.05, 4.69) is 21.1 Å². The van der Waals surface area contributed by atoms with E-state index >= 15 is 0 Å². The van der Waals surface area contributed by atoms with Crippen LogP contribution in [-0.2, 0) is 14.3 Å². The maximum Gasteiger partial charge on any atom is 0.341 e. The molecule has 9 heteroatoms. The molecule has 0 aliphatic carbocycles. The Hall–Kier alpha value is -4.19. The van der Waals surface area contributed by atoms with Gasteiger partial charge in [0.1, 0.15) is 17.5 Å². The molecular weight excluding hydrogens is 386 g/mol. The van der Waals surface area contributed by atoms with Gasteiger partial charge in [0.2, 0.25) is 5.88 Å². The average molecular weight is 405 g/mol. The normalized spacial score (nSPS) is 11.0. The third-order valence-corrected chi connectivity index (χ3v) is 4.12. The number of aromatic nitrogens is 4. The fourth-order valence-corrected chi connectivity index (χ4v) is 2.87. The number of nitriles is 1. The smallest absolute Gasteiger partial charge is 0.341 e. The van der Waals surface area contributed by atoms with E-state index in [0.717, 1.165) is 0 Å². The van der Waals surface area contributed by atoms with Crippen LogP contribution in [-0.4, -0.2) is 39.9 Å². The number of methoxy groups -OCH3 is 2. The van der Waals surface area contributed by atoms with Crippen molar-refractivity contribution in [3.63, 3.8) is 0 Å². The first-order valence-electron chi connectivity index (χ1n) is 8.87. The van der Waals surface area contributed by atoms with Gasteiger partial charge in [0.15, 0.2) is 5.75 Å². The zero-order valence-corrected chi connectivity index (χ0v) is 16.9. The van der Waals surface area contributed by atoms with Gasteiger partial charge in [-0.25, -0.2) is 14.5 Å². The molecule has 3 aromatic rings. The molecule has 0 saturated heterocycles. The van der Waals surface area contributed by atoms with E-state index in [4.69, 9.17) is 14.2 Å². The highest BCUT2D eigenvalue weighted by molar-refractivity contribution is 6.17. The van der Waals surface area contributed by atoms with Gasteiger partial charge in [-0.3, -0.25) is 0 Å². The lowest BCUT2D eigenvalue weighted by Gasteiger charge is -2.13. The molecule has 0 saturated carbocycles. The SMILES string of the molecule is CO/C=C(\C(=O)OC)c1c(C)nc(C)nc1Oc1cnn(-c2ccccc2C#N)c1. The van der Waals surface area contributed by atoms with Crippen molar-refractivity contribution in [1.29, 1.82) is 5.26 Å². The van der Waals surface area contributed by atoms with Crippen LogP contribution in [0.5, 0.6) is 11.6 Å². The Labute approximate surface area is 173 Å². The Morgan fingerprint density at radius 2 is 1.97 bits per heavy atom. The van der Waals surface area contributed by atoms with Gasteiger partial charge in [-0.2, -0.15) is 15.3 Å². The lowest BCUT2D eigenvalue weighted by molar-refractivity contribution is -0.133. The topological polar surface area (TPSA) is 112 Å². The number of hydrogen-bond donors (Lipinski definition) is 0. The summed E-state index contributed by atoms with van der Waals surface area (Å²) in [6.07, 6.45) is 4.36. The van der Waals surface area contributed by atoms with E-state index < -0.39 is 5.97 Å². The van der Waals surface area contributed by atoms with E-state index in [1.165, 1.54) is 31.4 Å². The van der Waals surface area contributed by atoms with E-state index in [0.29, 0.717) is 34.1 Å². The molecule has 0 spiro atoms. The second kappa shape index (κ2) is 8.87. The van der Waals surface area contributed by atoms with E-state index in [9.17, 15) is 10.1 Å². The quantitative estimate of drug-likeness (QED) is 0.349. The number of ether oxygens (including phenoxy) is 3.